The molecule has 1 aliphatic carbocycles. The highest BCUT2D eigenvalue weighted by Crippen LogP contribution is 2.36. The zero-order valence-corrected chi connectivity index (χ0v) is 14.4. The standard InChI is InChI=1S/C19H26N2O4/c22-14-4-1-2-5-15(14)24-16-6-3-7-17-18(16)19(21-25-17)23-12-13-8-10-20-11-9-13/h3,6-7,13-15,20,22H,1-2,4-5,8-12H2/t14-,15+/m1/s1. The average Bonchev–Trinajstić information content (AvgIpc) is 3.07. The number of ether oxygens (including phenoxy) is 2. The first-order valence-electron chi connectivity index (χ1n) is 9.38. The Kier molecular flexibility index (Phi) is 5.08. The molecular weight excluding hydrogens is 320 g/mol. The van der Waals surface area contributed by atoms with Crippen molar-refractivity contribution >= 4 is 11.0 Å². The second kappa shape index (κ2) is 7.62. The normalized spacial score (nSPS) is 25.2. The summed E-state index contributed by atoms with van der Waals surface area (Å²) < 4.78 is 17.5. The summed E-state index contributed by atoms with van der Waals surface area (Å²) in [4.78, 5) is 0. The quantitative estimate of drug-likeness (QED) is 0.867. The molecule has 6 nitrogen and oxygen atoms in total. The number of aromatic nitrogens is 1. The van der Waals surface area contributed by atoms with Gasteiger partial charge in [-0.3, -0.25) is 0 Å². The van der Waals surface area contributed by atoms with Gasteiger partial charge in [-0.1, -0.05) is 12.5 Å². The monoisotopic (exact) mass is 346 g/mol. The molecule has 1 saturated heterocycles. The van der Waals surface area contributed by atoms with Crippen molar-refractivity contribution in [3.05, 3.63) is 18.2 Å². The Balaban J connectivity index is 1.51. The lowest BCUT2D eigenvalue weighted by atomic mass is 9.95. The van der Waals surface area contributed by atoms with Crippen LogP contribution in [-0.2, 0) is 0 Å². The van der Waals surface area contributed by atoms with Gasteiger partial charge in [-0.25, -0.2) is 0 Å². The predicted octanol–water partition coefficient (Wildman–Crippen LogP) is 2.89. The minimum Gasteiger partial charge on any atom is -0.487 e. The number of piperidine rings is 1. The predicted molar refractivity (Wildman–Crippen MR) is 94.0 cm³/mol. The molecule has 25 heavy (non-hydrogen) atoms. The molecule has 4 rings (SSSR count). The van der Waals surface area contributed by atoms with Crippen LogP contribution in [0, 0.1) is 5.92 Å². The van der Waals surface area contributed by atoms with Crippen LogP contribution in [-0.4, -0.2) is 42.2 Å². The van der Waals surface area contributed by atoms with E-state index in [9.17, 15) is 5.11 Å². The number of nitrogens with one attached hydrogen (secondary N) is 1. The molecule has 0 amide bonds. The van der Waals surface area contributed by atoms with Gasteiger partial charge in [0, 0.05) is 0 Å². The summed E-state index contributed by atoms with van der Waals surface area (Å²) >= 11 is 0. The van der Waals surface area contributed by atoms with Gasteiger partial charge in [0.15, 0.2) is 5.58 Å². The number of hydrogen-bond donors (Lipinski definition) is 2. The summed E-state index contributed by atoms with van der Waals surface area (Å²) in [6.45, 7) is 2.73. The molecule has 1 aromatic heterocycles. The van der Waals surface area contributed by atoms with Crippen LogP contribution in [0.4, 0.5) is 0 Å². The van der Waals surface area contributed by atoms with Crippen molar-refractivity contribution in [3.8, 4) is 11.6 Å². The molecule has 0 radical (unpaired) electrons. The highest BCUT2D eigenvalue weighted by Gasteiger charge is 2.26. The number of rotatable bonds is 5. The Labute approximate surface area is 147 Å². The van der Waals surface area contributed by atoms with E-state index in [1.165, 1.54) is 0 Å². The molecule has 2 aromatic rings. The maximum absolute atomic E-state index is 10.2. The lowest BCUT2D eigenvalue weighted by Crippen LogP contribution is -2.34. The van der Waals surface area contributed by atoms with Crippen LogP contribution in [0.5, 0.6) is 11.6 Å². The highest BCUT2D eigenvalue weighted by molar-refractivity contribution is 5.88. The van der Waals surface area contributed by atoms with Gasteiger partial charge < -0.3 is 24.4 Å². The number of nitrogens with zero attached hydrogens (tertiary/aromatic N) is 1. The molecular formula is C19H26N2O4. The number of benzene rings is 1. The Morgan fingerprint density at radius 1 is 1.16 bits per heavy atom. The van der Waals surface area contributed by atoms with Crippen LogP contribution in [0.1, 0.15) is 38.5 Å². The van der Waals surface area contributed by atoms with Crippen molar-refractivity contribution in [2.24, 2.45) is 5.92 Å². The maximum atomic E-state index is 10.2. The fraction of sp³-hybridized carbons (Fsp3) is 0.632. The SMILES string of the molecule is O[C@@H]1CCCC[C@@H]1Oc1cccc2onc(OCC3CCNCC3)c12. The molecule has 0 unspecified atom stereocenters. The second-order valence-corrected chi connectivity index (χ2v) is 7.13. The summed E-state index contributed by atoms with van der Waals surface area (Å²) in [5.41, 5.74) is 0.656. The molecule has 2 fully saturated rings. The van der Waals surface area contributed by atoms with Crippen molar-refractivity contribution < 1.29 is 19.1 Å². The van der Waals surface area contributed by atoms with Gasteiger partial charge in [-0.2, -0.15) is 0 Å². The molecule has 6 heteroatoms. The van der Waals surface area contributed by atoms with Crippen molar-refractivity contribution in [1.29, 1.82) is 0 Å². The Morgan fingerprint density at radius 2 is 2.00 bits per heavy atom. The van der Waals surface area contributed by atoms with Crippen LogP contribution in [0.15, 0.2) is 22.7 Å². The van der Waals surface area contributed by atoms with Crippen molar-refractivity contribution in [2.75, 3.05) is 19.7 Å². The number of aliphatic hydroxyl groups excluding tert-OH is 1. The Hall–Kier alpha value is -1.79. The minimum atomic E-state index is -0.414. The largest absolute Gasteiger partial charge is 0.487 e. The van der Waals surface area contributed by atoms with Crippen molar-refractivity contribution in [2.45, 2.75) is 50.7 Å². The van der Waals surface area contributed by atoms with E-state index in [4.69, 9.17) is 14.0 Å². The molecule has 2 atom stereocenters. The van der Waals surface area contributed by atoms with Gasteiger partial charge in [0.25, 0.3) is 5.88 Å². The summed E-state index contributed by atoms with van der Waals surface area (Å²) in [5.74, 6) is 1.72. The van der Waals surface area contributed by atoms with E-state index in [1.54, 1.807) is 0 Å². The van der Waals surface area contributed by atoms with E-state index in [1.807, 2.05) is 18.2 Å². The van der Waals surface area contributed by atoms with Crippen LogP contribution < -0.4 is 14.8 Å². The van der Waals surface area contributed by atoms with E-state index >= 15 is 0 Å². The molecule has 1 saturated carbocycles. The second-order valence-electron chi connectivity index (χ2n) is 7.13. The molecule has 0 bridgehead atoms. The molecule has 0 spiro atoms. The van der Waals surface area contributed by atoms with E-state index in [0.29, 0.717) is 29.7 Å². The third-order valence-electron chi connectivity index (χ3n) is 5.29. The lowest BCUT2D eigenvalue weighted by molar-refractivity contribution is 0.00760. The van der Waals surface area contributed by atoms with E-state index in [0.717, 1.165) is 57.0 Å². The number of aliphatic hydroxyl groups is 1. The van der Waals surface area contributed by atoms with Crippen LogP contribution >= 0.6 is 0 Å². The van der Waals surface area contributed by atoms with E-state index in [2.05, 4.69) is 10.5 Å². The zero-order chi connectivity index (χ0) is 17.1. The Bertz CT molecular complexity index is 696. The fourth-order valence-electron chi connectivity index (χ4n) is 3.75. The smallest absolute Gasteiger partial charge is 0.265 e. The third kappa shape index (κ3) is 3.75. The molecule has 136 valence electrons. The van der Waals surface area contributed by atoms with Crippen molar-refractivity contribution in [1.82, 2.24) is 10.5 Å². The first-order valence-corrected chi connectivity index (χ1v) is 9.38. The van der Waals surface area contributed by atoms with Gasteiger partial charge >= 0.3 is 0 Å². The molecule has 2 heterocycles. The van der Waals surface area contributed by atoms with E-state index < -0.39 is 6.10 Å². The van der Waals surface area contributed by atoms with Crippen LogP contribution in [0.3, 0.4) is 0 Å². The number of fused-ring (bicyclic) bond motifs is 1. The molecule has 2 N–H and O–H groups in total. The first kappa shape index (κ1) is 16.7. The average molecular weight is 346 g/mol. The maximum Gasteiger partial charge on any atom is 0.265 e. The minimum absolute atomic E-state index is 0.175. The topological polar surface area (TPSA) is 76.8 Å². The molecule has 2 aliphatic rings. The van der Waals surface area contributed by atoms with Gasteiger partial charge in [-0.15, -0.1) is 0 Å². The molecule has 1 aliphatic heterocycles. The summed E-state index contributed by atoms with van der Waals surface area (Å²) in [6.07, 6.45) is 5.45. The van der Waals surface area contributed by atoms with Gasteiger partial charge in [0.2, 0.25) is 0 Å². The highest BCUT2D eigenvalue weighted by atomic mass is 16.5. The third-order valence-corrected chi connectivity index (χ3v) is 5.29. The zero-order valence-electron chi connectivity index (χ0n) is 14.4. The van der Waals surface area contributed by atoms with Crippen LogP contribution in [0.2, 0.25) is 0 Å². The van der Waals surface area contributed by atoms with Gasteiger partial charge in [0.1, 0.15) is 17.2 Å². The van der Waals surface area contributed by atoms with Gasteiger partial charge in [0.05, 0.1) is 12.7 Å². The summed E-state index contributed by atoms with van der Waals surface area (Å²) in [6, 6.07) is 5.65. The Morgan fingerprint density at radius 3 is 2.84 bits per heavy atom. The first-order chi connectivity index (χ1) is 12.3. The summed E-state index contributed by atoms with van der Waals surface area (Å²) in [5, 5.41) is 18.4. The lowest BCUT2D eigenvalue weighted by Gasteiger charge is -2.28. The number of hydrogen-bond acceptors (Lipinski definition) is 6. The molecule has 1 aromatic carbocycles. The summed E-state index contributed by atoms with van der Waals surface area (Å²) in [7, 11) is 0. The van der Waals surface area contributed by atoms with Crippen LogP contribution in [0.25, 0.3) is 11.0 Å². The fourth-order valence-corrected chi connectivity index (χ4v) is 3.75. The van der Waals surface area contributed by atoms with Crippen molar-refractivity contribution in [3.63, 3.8) is 0 Å². The van der Waals surface area contributed by atoms with E-state index in [-0.39, 0.29) is 6.10 Å². The van der Waals surface area contributed by atoms with Gasteiger partial charge in [-0.05, 0) is 68.4 Å².